The Morgan fingerprint density at radius 2 is 1.74 bits per heavy atom. The molecule has 0 aliphatic heterocycles. The second kappa shape index (κ2) is 7.82. The maximum absolute atomic E-state index is 11.9. The van der Waals surface area contributed by atoms with Gasteiger partial charge in [-0.25, -0.2) is 4.79 Å². The largest absolute Gasteiger partial charge is 0.465 e. The van der Waals surface area contributed by atoms with E-state index in [1.807, 2.05) is 19.9 Å². The first-order chi connectivity index (χ1) is 13.0. The van der Waals surface area contributed by atoms with Gasteiger partial charge in [-0.05, 0) is 44.0 Å². The minimum absolute atomic E-state index is 0.366. The Hall–Kier alpha value is -3.48. The predicted octanol–water partition coefficient (Wildman–Crippen LogP) is 4.07. The third kappa shape index (κ3) is 4.20. The van der Waals surface area contributed by atoms with Crippen molar-refractivity contribution < 1.29 is 9.53 Å². The van der Waals surface area contributed by atoms with Gasteiger partial charge >= 0.3 is 5.97 Å². The lowest BCUT2D eigenvalue weighted by Crippen LogP contribution is -2.08. The van der Waals surface area contributed by atoms with Crippen LogP contribution in [0.3, 0.4) is 0 Å². The summed E-state index contributed by atoms with van der Waals surface area (Å²) in [5, 5.41) is 14.4. The summed E-state index contributed by atoms with van der Waals surface area (Å²) >= 11 is 0. The minimum Gasteiger partial charge on any atom is -0.465 e. The van der Waals surface area contributed by atoms with Crippen LogP contribution in [0.5, 0.6) is 0 Å². The van der Waals surface area contributed by atoms with Gasteiger partial charge in [0, 0.05) is 5.69 Å². The van der Waals surface area contributed by atoms with Gasteiger partial charge < -0.3 is 15.4 Å². The maximum atomic E-state index is 11.9. The molecule has 7 heteroatoms. The van der Waals surface area contributed by atoms with Crippen LogP contribution in [0.15, 0.2) is 42.6 Å². The molecule has 1 heterocycles. The standard InChI is InChI=1S/C20H21N5O2/c1-12-9-13(2)18(14(3)10-12)24-20-23-17(11-21-25-20)22-16-8-6-5-7-15(16)19(26)27-4/h5-11H,1-4H3,(H2,22,23,24,25). The van der Waals surface area contributed by atoms with Crippen molar-refractivity contribution in [3.8, 4) is 0 Å². The van der Waals surface area contributed by atoms with Crippen molar-refractivity contribution in [3.05, 3.63) is 64.8 Å². The molecular formula is C20H21N5O2. The van der Waals surface area contributed by atoms with Crippen molar-refractivity contribution in [2.45, 2.75) is 20.8 Å². The number of benzene rings is 2. The number of carbonyl (C=O) groups is 1. The summed E-state index contributed by atoms with van der Waals surface area (Å²) in [7, 11) is 1.35. The fourth-order valence-electron chi connectivity index (χ4n) is 2.92. The molecule has 0 radical (unpaired) electrons. The molecule has 2 aromatic carbocycles. The van der Waals surface area contributed by atoms with Crippen molar-refractivity contribution in [1.82, 2.24) is 15.2 Å². The van der Waals surface area contributed by atoms with E-state index in [4.69, 9.17) is 4.74 Å². The molecule has 0 bridgehead atoms. The molecule has 0 atom stereocenters. The molecule has 1 aromatic heterocycles. The lowest BCUT2D eigenvalue weighted by Gasteiger charge is -2.13. The number of esters is 1. The number of nitrogens with zero attached hydrogens (tertiary/aromatic N) is 3. The van der Waals surface area contributed by atoms with Crippen LogP contribution in [0.1, 0.15) is 27.0 Å². The molecule has 0 saturated heterocycles. The highest BCUT2D eigenvalue weighted by Crippen LogP contribution is 2.25. The van der Waals surface area contributed by atoms with E-state index in [2.05, 4.69) is 44.9 Å². The van der Waals surface area contributed by atoms with Gasteiger partial charge in [0.1, 0.15) is 0 Å². The molecule has 0 saturated carbocycles. The number of hydrogen-bond acceptors (Lipinski definition) is 7. The first kappa shape index (κ1) is 18.3. The molecule has 0 aliphatic carbocycles. The van der Waals surface area contributed by atoms with Crippen molar-refractivity contribution >= 4 is 29.1 Å². The number of aryl methyl sites for hydroxylation is 3. The zero-order valence-corrected chi connectivity index (χ0v) is 15.7. The summed E-state index contributed by atoms with van der Waals surface area (Å²) < 4.78 is 4.81. The van der Waals surface area contributed by atoms with Gasteiger partial charge in [0.05, 0.1) is 24.6 Å². The topological polar surface area (TPSA) is 89.0 Å². The van der Waals surface area contributed by atoms with Gasteiger partial charge in [-0.1, -0.05) is 29.8 Å². The number of carbonyl (C=O) groups excluding carboxylic acids is 1. The van der Waals surface area contributed by atoms with E-state index in [0.717, 1.165) is 16.8 Å². The van der Waals surface area contributed by atoms with Crippen LogP contribution in [0.4, 0.5) is 23.1 Å². The third-order valence-electron chi connectivity index (χ3n) is 4.07. The molecule has 3 aromatic rings. The Labute approximate surface area is 157 Å². The second-order valence-corrected chi connectivity index (χ2v) is 6.23. The van der Waals surface area contributed by atoms with E-state index < -0.39 is 5.97 Å². The molecule has 3 rings (SSSR count). The highest BCUT2D eigenvalue weighted by molar-refractivity contribution is 5.96. The van der Waals surface area contributed by atoms with Gasteiger partial charge in [0.25, 0.3) is 0 Å². The number of aromatic nitrogens is 3. The summed E-state index contributed by atoms with van der Waals surface area (Å²) in [5.41, 5.74) is 5.35. The second-order valence-electron chi connectivity index (χ2n) is 6.23. The molecule has 0 aliphatic rings. The normalized spacial score (nSPS) is 10.4. The van der Waals surface area contributed by atoms with Gasteiger partial charge in [-0.15, -0.1) is 5.10 Å². The highest BCUT2D eigenvalue weighted by atomic mass is 16.5. The van der Waals surface area contributed by atoms with E-state index in [9.17, 15) is 4.79 Å². The first-order valence-electron chi connectivity index (χ1n) is 8.47. The summed E-state index contributed by atoms with van der Waals surface area (Å²) in [6.07, 6.45) is 1.49. The Bertz CT molecular complexity index is 965. The maximum Gasteiger partial charge on any atom is 0.339 e. The van der Waals surface area contributed by atoms with E-state index >= 15 is 0 Å². The number of rotatable bonds is 5. The van der Waals surface area contributed by atoms with E-state index in [-0.39, 0.29) is 0 Å². The smallest absolute Gasteiger partial charge is 0.339 e. The van der Waals surface area contributed by atoms with Gasteiger partial charge in [-0.2, -0.15) is 10.1 Å². The molecule has 0 unspecified atom stereocenters. The van der Waals surface area contributed by atoms with Gasteiger partial charge in [0.2, 0.25) is 5.95 Å². The van der Waals surface area contributed by atoms with Gasteiger partial charge in [-0.3, -0.25) is 0 Å². The number of nitrogens with one attached hydrogen (secondary N) is 2. The molecule has 7 nitrogen and oxygen atoms in total. The Morgan fingerprint density at radius 3 is 2.44 bits per heavy atom. The molecule has 0 fully saturated rings. The number of hydrogen-bond donors (Lipinski definition) is 2. The molecule has 138 valence electrons. The van der Waals surface area contributed by atoms with Crippen LogP contribution in [0.2, 0.25) is 0 Å². The summed E-state index contributed by atoms with van der Waals surface area (Å²) in [4.78, 5) is 16.4. The first-order valence-corrected chi connectivity index (χ1v) is 8.47. The fraction of sp³-hybridized carbons (Fsp3) is 0.200. The lowest BCUT2D eigenvalue weighted by atomic mass is 10.1. The van der Waals surface area contributed by atoms with Crippen molar-refractivity contribution in [3.63, 3.8) is 0 Å². The third-order valence-corrected chi connectivity index (χ3v) is 4.07. The van der Waals surface area contributed by atoms with E-state index in [0.29, 0.717) is 23.0 Å². The lowest BCUT2D eigenvalue weighted by molar-refractivity contribution is 0.0602. The molecular weight excluding hydrogens is 342 g/mol. The van der Waals surface area contributed by atoms with Crippen LogP contribution in [-0.4, -0.2) is 28.3 Å². The minimum atomic E-state index is -0.427. The number of anilines is 4. The molecule has 0 amide bonds. The average molecular weight is 363 g/mol. The molecule has 27 heavy (non-hydrogen) atoms. The summed E-state index contributed by atoms with van der Waals surface area (Å²) in [5.74, 6) is 0.404. The van der Waals surface area contributed by atoms with E-state index in [1.165, 1.54) is 18.9 Å². The van der Waals surface area contributed by atoms with Crippen molar-refractivity contribution in [2.24, 2.45) is 0 Å². The van der Waals surface area contributed by atoms with Crippen LogP contribution < -0.4 is 10.6 Å². The Balaban J connectivity index is 1.87. The molecule has 0 spiro atoms. The monoisotopic (exact) mass is 363 g/mol. The number of ether oxygens (including phenoxy) is 1. The zero-order valence-electron chi connectivity index (χ0n) is 15.7. The zero-order chi connectivity index (χ0) is 19.4. The van der Waals surface area contributed by atoms with Crippen molar-refractivity contribution in [2.75, 3.05) is 17.7 Å². The van der Waals surface area contributed by atoms with Crippen LogP contribution in [0.25, 0.3) is 0 Å². The molecule has 2 N–H and O–H groups in total. The summed E-state index contributed by atoms with van der Waals surface area (Å²) in [6, 6.07) is 11.2. The van der Waals surface area contributed by atoms with Crippen LogP contribution in [0, 0.1) is 20.8 Å². The SMILES string of the molecule is COC(=O)c1ccccc1Nc1cnnc(Nc2c(C)cc(C)cc2C)n1. The number of para-hydroxylation sites is 1. The predicted molar refractivity (Wildman–Crippen MR) is 105 cm³/mol. The Kier molecular flexibility index (Phi) is 5.30. The van der Waals surface area contributed by atoms with Crippen molar-refractivity contribution in [1.29, 1.82) is 0 Å². The summed E-state index contributed by atoms with van der Waals surface area (Å²) in [6.45, 7) is 6.13. The van der Waals surface area contributed by atoms with E-state index in [1.54, 1.807) is 18.2 Å². The quantitative estimate of drug-likeness (QED) is 0.660. The average Bonchev–Trinajstić information content (AvgIpc) is 2.65. The fourth-order valence-corrected chi connectivity index (χ4v) is 2.92. The highest BCUT2D eigenvalue weighted by Gasteiger charge is 2.12. The van der Waals surface area contributed by atoms with Crippen LogP contribution in [-0.2, 0) is 4.74 Å². The van der Waals surface area contributed by atoms with Gasteiger partial charge in [0.15, 0.2) is 5.82 Å². The number of methoxy groups -OCH3 is 1. The Morgan fingerprint density at radius 1 is 1.04 bits per heavy atom. The van der Waals surface area contributed by atoms with Crippen LogP contribution >= 0.6 is 0 Å².